The van der Waals surface area contributed by atoms with Crippen LogP contribution in [0.25, 0.3) is 0 Å². The van der Waals surface area contributed by atoms with Gasteiger partial charge in [-0.25, -0.2) is 12.8 Å². The Bertz CT molecular complexity index is 629. The second-order valence-electron chi connectivity index (χ2n) is 5.04. The van der Waals surface area contributed by atoms with Crippen LogP contribution in [0.3, 0.4) is 0 Å². The minimum absolute atomic E-state index is 0.0125. The number of piperidine rings is 1. The Morgan fingerprint density at radius 3 is 2.53 bits per heavy atom. The standard InChI is InChI=1S/C12H13FN2O3S/c13-8-1-3-9(4-2-8)19(17,18)15-6-7-5-10(7)11(15)12(14)16/h1-4,7,10-11H,5-6H2,(H2,14,16). The number of hydrogen-bond acceptors (Lipinski definition) is 3. The molecule has 3 atom stereocenters. The van der Waals surface area contributed by atoms with Gasteiger partial charge in [0.15, 0.2) is 0 Å². The maximum absolute atomic E-state index is 12.8. The number of rotatable bonds is 3. The van der Waals surface area contributed by atoms with Crippen LogP contribution < -0.4 is 5.73 Å². The van der Waals surface area contributed by atoms with Gasteiger partial charge in [-0.2, -0.15) is 4.31 Å². The lowest BCUT2D eigenvalue weighted by Gasteiger charge is -2.24. The average molecular weight is 284 g/mol. The largest absolute Gasteiger partial charge is 0.368 e. The van der Waals surface area contributed by atoms with Gasteiger partial charge in [0.05, 0.1) is 4.90 Å². The van der Waals surface area contributed by atoms with E-state index in [0.29, 0.717) is 6.54 Å². The molecular weight excluding hydrogens is 271 g/mol. The predicted molar refractivity (Wildman–Crippen MR) is 64.9 cm³/mol. The lowest BCUT2D eigenvalue weighted by molar-refractivity contribution is -0.121. The van der Waals surface area contributed by atoms with Crippen LogP contribution in [0.5, 0.6) is 0 Å². The molecule has 19 heavy (non-hydrogen) atoms. The third-order valence-electron chi connectivity index (χ3n) is 3.82. The van der Waals surface area contributed by atoms with Crippen molar-refractivity contribution < 1.29 is 17.6 Å². The van der Waals surface area contributed by atoms with Gasteiger partial charge >= 0.3 is 0 Å². The summed E-state index contributed by atoms with van der Waals surface area (Å²) in [5, 5.41) is 0. The molecule has 1 amide bonds. The summed E-state index contributed by atoms with van der Waals surface area (Å²) in [4.78, 5) is 11.4. The second-order valence-corrected chi connectivity index (χ2v) is 6.93. The number of carbonyl (C=O) groups is 1. The van der Waals surface area contributed by atoms with Gasteiger partial charge in [-0.05, 0) is 42.5 Å². The van der Waals surface area contributed by atoms with E-state index in [4.69, 9.17) is 5.73 Å². The molecular formula is C12H13FN2O3S. The van der Waals surface area contributed by atoms with Crippen molar-refractivity contribution in [2.75, 3.05) is 6.54 Å². The van der Waals surface area contributed by atoms with Gasteiger partial charge in [-0.1, -0.05) is 0 Å². The van der Waals surface area contributed by atoms with E-state index in [1.807, 2.05) is 0 Å². The Balaban J connectivity index is 1.96. The molecule has 1 aromatic carbocycles. The lowest BCUT2D eigenvalue weighted by atomic mass is 10.2. The molecule has 2 fully saturated rings. The molecule has 1 heterocycles. The quantitative estimate of drug-likeness (QED) is 0.868. The molecule has 1 saturated heterocycles. The Morgan fingerprint density at radius 2 is 1.95 bits per heavy atom. The molecule has 1 aromatic rings. The molecule has 0 radical (unpaired) electrons. The molecule has 2 aliphatic rings. The van der Waals surface area contributed by atoms with E-state index in [1.165, 1.54) is 12.1 Å². The predicted octanol–water partition coefficient (Wildman–Crippen LogP) is 0.320. The van der Waals surface area contributed by atoms with Gasteiger partial charge in [-0.3, -0.25) is 4.79 Å². The number of halogens is 1. The monoisotopic (exact) mass is 284 g/mol. The smallest absolute Gasteiger partial charge is 0.243 e. The van der Waals surface area contributed by atoms with Crippen LogP contribution in [0.4, 0.5) is 4.39 Å². The van der Waals surface area contributed by atoms with E-state index in [0.717, 1.165) is 22.9 Å². The molecule has 0 spiro atoms. The van der Waals surface area contributed by atoms with E-state index in [-0.39, 0.29) is 16.7 Å². The minimum atomic E-state index is -3.79. The first-order valence-electron chi connectivity index (χ1n) is 5.98. The second kappa shape index (κ2) is 4.01. The van der Waals surface area contributed by atoms with Crippen LogP contribution in [-0.2, 0) is 14.8 Å². The SMILES string of the molecule is NC(=O)C1C2CC2CN1S(=O)(=O)c1ccc(F)cc1. The van der Waals surface area contributed by atoms with Crippen molar-refractivity contribution >= 4 is 15.9 Å². The Kier molecular flexibility index (Phi) is 2.65. The van der Waals surface area contributed by atoms with Crippen molar-refractivity contribution in [2.45, 2.75) is 17.4 Å². The van der Waals surface area contributed by atoms with Gasteiger partial charge in [0, 0.05) is 6.54 Å². The zero-order valence-corrected chi connectivity index (χ0v) is 10.8. The van der Waals surface area contributed by atoms with Crippen LogP contribution in [0.2, 0.25) is 0 Å². The van der Waals surface area contributed by atoms with Crippen LogP contribution in [-0.4, -0.2) is 31.2 Å². The summed E-state index contributed by atoms with van der Waals surface area (Å²) < 4.78 is 38.8. The fourth-order valence-corrected chi connectivity index (χ4v) is 4.47. The van der Waals surface area contributed by atoms with Gasteiger partial charge in [-0.15, -0.1) is 0 Å². The maximum Gasteiger partial charge on any atom is 0.243 e. The van der Waals surface area contributed by atoms with Crippen molar-refractivity contribution in [3.8, 4) is 0 Å². The Labute approximate surface area is 110 Å². The lowest BCUT2D eigenvalue weighted by Crippen LogP contribution is -2.46. The van der Waals surface area contributed by atoms with E-state index >= 15 is 0 Å². The number of hydrogen-bond donors (Lipinski definition) is 1. The molecule has 1 saturated carbocycles. The van der Waals surface area contributed by atoms with Crippen LogP contribution in [0.15, 0.2) is 29.2 Å². The number of carbonyl (C=O) groups excluding carboxylic acids is 1. The fraction of sp³-hybridized carbons (Fsp3) is 0.417. The first-order chi connectivity index (χ1) is 8.91. The topological polar surface area (TPSA) is 80.5 Å². The van der Waals surface area contributed by atoms with Gasteiger partial charge in [0.2, 0.25) is 15.9 Å². The molecule has 1 aliphatic carbocycles. The molecule has 0 aromatic heterocycles. The summed E-state index contributed by atoms with van der Waals surface area (Å²) in [6.45, 7) is 0.317. The number of nitrogens with two attached hydrogens (primary N) is 1. The normalized spacial score (nSPS) is 30.1. The maximum atomic E-state index is 12.8. The van der Waals surface area contributed by atoms with E-state index in [9.17, 15) is 17.6 Å². The molecule has 2 N–H and O–H groups in total. The van der Waals surface area contributed by atoms with Gasteiger partial charge in [0.25, 0.3) is 0 Å². The highest BCUT2D eigenvalue weighted by molar-refractivity contribution is 7.89. The third kappa shape index (κ3) is 1.93. The summed E-state index contributed by atoms with van der Waals surface area (Å²) in [5.74, 6) is -0.842. The summed E-state index contributed by atoms with van der Waals surface area (Å²) in [7, 11) is -3.79. The molecule has 3 rings (SSSR count). The Hall–Kier alpha value is -1.47. The van der Waals surface area contributed by atoms with Crippen molar-refractivity contribution in [3.05, 3.63) is 30.1 Å². The van der Waals surface area contributed by atoms with Crippen LogP contribution in [0.1, 0.15) is 6.42 Å². The van der Waals surface area contributed by atoms with Crippen molar-refractivity contribution in [1.82, 2.24) is 4.31 Å². The van der Waals surface area contributed by atoms with Crippen molar-refractivity contribution in [2.24, 2.45) is 17.6 Å². The van der Waals surface area contributed by atoms with Crippen LogP contribution >= 0.6 is 0 Å². The number of sulfonamides is 1. The molecule has 7 heteroatoms. The van der Waals surface area contributed by atoms with Crippen LogP contribution in [0, 0.1) is 17.7 Å². The zero-order chi connectivity index (χ0) is 13.8. The summed E-state index contributed by atoms with van der Waals surface area (Å²) >= 11 is 0. The molecule has 102 valence electrons. The highest BCUT2D eigenvalue weighted by atomic mass is 32.2. The minimum Gasteiger partial charge on any atom is -0.368 e. The van der Waals surface area contributed by atoms with E-state index in [2.05, 4.69) is 0 Å². The molecule has 1 aliphatic heterocycles. The molecule has 3 unspecified atom stereocenters. The fourth-order valence-electron chi connectivity index (χ4n) is 2.77. The number of nitrogens with zero attached hydrogens (tertiary/aromatic N) is 1. The van der Waals surface area contributed by atoms with Crippen molar-refractivity contribution in [3.63, 3.8) is 0 Å². The highest BCUT2D eigenvalue weighted by Crippen LogP contribution is 2.50. The van der Waals surface area contributed by atoms with Gasteiger partial charge in [0.1, 0.15) is 11.9 Å². The summed E-state index contributed by atoms with van der Waals surface area (Å²) in [6.07, 6.45) is 0.850. The summed E-state index contributed by atoms with van der Waals surface area (Å²) in [5.41, 5.74) is 5.30. The first-order valence-corrected chi connectivity index (χ1v) is 7.42. The molecule has 0 bridgehead atoms. The third-order valence-corrected chi connectivity index (χ3v) is 5.68. The number of fused-ring (bicyclic) bond motifs is 1. The van der Waals surface area contributed by atoms with Gasteiger partial charge < -0.3 is 5.73 Å². The first kappa shape index (κ1) is 12.6. The highest BCUT2D eigenvalue weighted by Gasteiger charge is 2.58. The number of amides is 1. The average Bonchev–Trinajstić information content (AvgIpc) is 2.99. The Morgan fingerprint density at radius 1 is 1.32 bits per heavy atom. The van der Waals surface area contributed by atoms with Crippen molar-refractivity contribution in [1.29, 1.82) is 0 Å². The van der Waals surface area contributed by atoms with E-state index < -0.39 is 27.8 Å². The zero-order valence-electron chi connectivity index (χ0n) is 9.99. The summed E-state index contributed by atoms with van der Waals surface area (Å²) in [6, 6.07) is 3.81. The number of primary amides is 1. The number of benzene rings is 1. The van der Waals surface area contributed by atoms with E-state index in [1.54, 1.807) is 0 Å². The molecule has 5 nitrogen and oxygen atoms in total.